The minimum atomic E-state index is -1.26. The number of carboxylic acids is 2. The highest BCUT2D eigenvalue weighted by molar-refractivity contribution is 5.88. The minimum Gasteiger partial charge on any atom is -0.481 e. The molecule has 0 aliphatic carbocycles. The molecule has 4 N–H and O–H groups in total. The first-order valence-electron chi connectivity index (χ1n) is 6.38. The van der Waals surface area contributed by atoms with Crippen molar-refractivity contribution in [2.45, 2.75) is 38.3 Å². The third-order valence-electron chi connectivity index (χ3n) is 2.65. The molecule has 0 aliphatic rings. The Balaban J connectivity index is 4.38. The van der Waals surface area contributed by atoms with Gasteiger partial charge in [0.25, 0.3) is 0 Å². The Morgan fingerprint density at radius 2 is 1.67 bits per heavy atom. The molecule has 0 radical (unpaired) electrons. The van der Waals surface area contributed by atoms with Gasteiger partial charge in [-0.3, -0.25) is 9.59 Å². The molecule has 21 heavy (non-hydrogen) atoms. The molecule has 0 aromatic rings. The van der Waals surface area contributed by atoms with Crippen LogP contribution in [0.25, 0.3) is 0 Å². The van der Waals surface area contributed by atoms with Gasteiger partial charge in [-0.25, -0.2) is 9.59 Å². The number of rotatable bonds is 8. The molecule has 0 saturated carbocycles. The third-order valence-corrected chi connectivity index (χ3v) is 2.65. The molecule has 3 amide bonds. The summed E-state index contributed by atoms with van der Waals surface area (Å²) in [6, 6.07) is -2.79. The molecule has 0 bridgehead atoms. The molecule has 0 aliphatic heterocycles. The number of likely N-dealkylation sites (N-methyl/N-ethyl adjacent to an activating group) is 1. The molecule has 2 atom stereocenters. The summed E-state index contributed by atoms with van der Waals surface area (Å²) in [7, 11) is 3.06. The first-order valence-corrected chi connectivity index (χ1v) is 6.38. The Labute approximate surface area is 122 Å². The topological polar surface area (TPSA) is 136 Å². The number of amides is 3. The minimum absolute atomic E-state index is 0.00887. The Kier molecular flexibility index (Phi) is 7.80. The van der Waals surface area contributed by atoms with Crippen LogP contribution in [0.2, 0.25) is 0 Å². The van der Waals surface area contributed by atoms with E-state index in [4.69, 9.17) is 10.2 Å². The van der Waals surface area contributed by atoms with E-state index in [0.717, 1.165) is 0 Å². The lowest BCUT2D eigenvalue weighted by Crippen LogP contribution is -2.52. The molecule has 0 aromatic carbocycles. The van der Waals surface area contributed by atoms with Crippen molar-refractivity contribution in [1.29, 1.82) is 0 Å². The second-order valence-electron chi connectivity index (χ2n) is 4.75. The number of carboxylic acid groups (broad SMARTS) is 2. The van der Waals surface area contributed by atoms with E-state index in [1.165, 1.54) is 25.9 Å². The molecular weight excluding hydrogens is 282 g/mol. The van der Waals surface area contributed by atoms with Gasteiger partial charge in [-0.1, -0.05) is 0 Å². The maximum atomic E-state index is 11.6. The second kappa shape index (κ2) is 8.77. The quantitative estimate of drug-likeness (QED) is 0.476. The van der Waals surface area contributed by atoms with Gasteiger partial charge < -0.3 is 25.7 Å². The van der Waals surface area contributed by atoms with Crippen molar-refractivity contribution in [2.24, 2.45) is 0 Å². The summed E-state index contributed by atoms with van der Waals surface area (Å²) >= 11 is 0. The molecule has 0 fully saturated rings. The highest BCUT2D eigenvalue weighted by Gasteiger charge is 2.22. The van der Waals surface area contributed by atoms with Crippen LogP contribution in [0.5, 0.6) is 0 Å². The average molecular weight is 303 g/mol. The lowest BCUT2D eigenvalue weighted by atomic mass is 10.1. The zero-order chi connectivity index (χ0) is 16.6. The number of carbonyl (C=O) groups excluding carboxylic acids is 2. The number of hydrogen-bond donors (Lipinski definition) is 4. The molecule has 0 heterocycles. The van der Waals surface area contributed by atoms with Gasteiger partial charge in [-0.15, -0.1) is 0 Å². The van der Waals surface area contributed by atoms with E-state index in [0.29, 0.717) is 0 Å². The van der Waals surface area contributed by atoms with E-state index in [-0.39, 0.29) is 25.2 Å². The van der Waals surface area contributed by atoms with Gasteiger partial charge in [0, 0.05) is 20.5 Å². The van der Waals surface area contributed by atoms with Crippen LogP contribution >= 0.6 is 0 Å². The van der Waals surface area contributed by atoms with Crippen molar-refractivity contribution in [1.82, 2.24) is 15.5 Å². The fourth-order valence-corrected chi connectivity index (χ4v) is 1.56. The average Bonchev–Trinajstić information content (AvgIpc) is 2.35. The Bertz CT molecular complexity index is 410. The monoisotopic (exact) mass is 303 g/mol. The Morgan fingerprint density at radius 3 is 2.10 bits per heavy atom. The van der Waals surface area contributed by atoms with Crippen molar-refractivity contribution < 1.29 is 29.4 Å². The predicted molar refractivity (Wildman–Crippen MR) is 72.7 cm³/mol. The van der Waals surface area contributed by atoms with Crippen LogP contribution in [0.15, 0.2) is 0 Å². The van der Waals surface area contributed by atoms with E-state index < -0.39 is 30.1 Å². The number of hydrogen-bond acceptors (Lipinski definition) is 4. The van der Waals surface area contributed by atoms with Crippen LogP contribution in [-0.4, -0.2) is 65.2 Å². The first-order chi connectivity index (χ1) is 9.65. The largest absolute Gasteiger partial charge is 0.481 e. The zero-order valence-corrected chi connectivity index (χ0v) is 12.3. The zero-order valence-electron chi connectivity index (χ0n) is 12.3. The predicted octanol–water partition coefficient (Wildman–Crippen LogP) is -0.530. The number of nitrogens with one attached hydrogen (secondary N) is 2. The SMILES string of the molecule is CC(NC(=O)N[C@H](CCCC(=O)O)C(=O)O)C(=O)N(C)C. The highest BCUT2D eigenvalue weighted by Crippen LogP contribution is 2.02. The maximum absolute atomic E-state index is 11.6. The van der Waals surface area contributed by atoms with Crippen molar-refractivity contribution >= 4 is 23.9 Å². The van der Waals surface area contributed by atoms with Gasteiger partial charge in [0.05, 0.1) is 0 Å². The summed E-state index contributed by atoms with van der Waals surface area (Å²) in [4.78, 5) is 45.8. The summed E-state index contributed by atoms with van der Waals surface area (Å²) in [5.74, 6) is -2.63. The van der Waals surface area contributed by atoms with Gasteiger partial charge in [0.2, 0.25) is 5.91 Å². The van der Waals surface area contributed by atoms with Gasteiger partial charge in [-0.05, 0) is 19.8 Å². The summed E-state index contributed by atoms with van der Waals surface area (Å²) in [6.45, 7) is 1.47. The van der Waals surface area contributed by atoms with E-state index in [9.17, 15) is 19.2 Å². The lowest BCUT2D eigenvalue weighted by Gasteiger charge is -2.20. The smallest absolute Gasteiger partial charge is 0.326 e. The number of urea groups is 1. The number of carbonyl (C=O) groups is 4. The van der Waals surface area contributed by atoms with Crippen LogP contribution in [0.3, 0.4) is 0 Å². The molecule has 9 heteroatoms. The van der Waals surface area contributed by atoms with Crippen molar-refractivity contribution in [2.75, 3.05) is 14.1 Å². The van der Waals surface area contributed by atoms with E-state index in [1.54, 1.807) is 0 Å². The summed E-state index contributed by atoms with van der Waals surface area (Å²) in [6.07, 6.45) is -0.0631. The molecule has 9 nitrogen and oxygen atoms in total. The Hall–Kier alpha value is -2.32. The standard InChI is InChI=1S/C12H21N3O6/c1-7(10(18)15(2)3)13-12(21)14-8(11(19)20)5-4-6-9(16)17/h7-8H,4-6H2,1-3H3,(H,16,17)(H,19,20)(H2,13,14,21)/t7?,8-/m1/s1. The van der Waals surface area contributed by atoms with Gasteiger partial charge in [0.15, 0.2) is 0 Å². The van der Waals surface area contributed by atoms with Gasteiger partial charge in [0.1, 0.15) is 12.1 Å². The second-order valence-corrected chi connectivity index (χ2v) is 4.75. The number of nitrogens with zero attached hydrogens (tertiary/aromatic N) is 1. The van der Waals surface area contributed by atoms with Crippen LogP contribution in [-0.2, 0) is 14.4 Å². The summed E-state index contributed by atoms with van der Waals surface area (Å²) < 4.78 is 0. The summed E-state index contributed by atoms with van der Waals surface area (Å²) in [5, 5.41) is 22.0. The van der Waals surface area contributed by atoms with Gasteiger partial charge >= 0.3 is 18.0 Å². The molecule has 0 aromatic heterocycles. The van der Waals surface area contributed by atoms with Crippen molar-refractivity contribution in [3.05, 3.63) is 0 Å². The summed E-state index contributed by atoms with van der Waals surface area (Å²) in [5.41, 5.74) is 0. The molecular formula is C12H21N3O6. The lowest BCUT2D eigenvalue weighted by molar-refractivity contribution is -0.140. The van der Waals surface area contributed by atoms with Crippen LogP contribution in [0.1, 0.15) is 26.2 Å². The molecule has 0 spiro atoms. The van der Waals surface area contributed by atoms with Crippen LogP contribution in [0, 0.1) is 0 Å². The maximum Gasteiger partial charge on any atom is 0.326 e. The first kappa shape index (κ1) is 18.7. The van der Waals surface area contributed by atoms with E-state index in [2.05, 4.69) is 10.6 Å². The van der Waals surface area contributed by atoms with E-state index >= 15 is 0 Å². The fourth-order valence-electron chi connectivity index (χ4n) is 1.56. The molecule has 0 rings (SSSR count). The number of aliphatic carboxylic acids is 2. The van der Waals surface area contributed by atoms with Crippen LogP contribution in [0.4, 0.5) is 4.79 Å². The molecule has 120 valence electrons. The van der Waals surface area contributed by atoms with Gasteiger partial charge in [-0.2, -0.15) is 0 Å². The highest BCUT2D eigenvalue weighted by atomic mass is 16.4. The third kappa shape index (κ3) is 7.75. The van der Waals surface area contributed by atoms with Crippen molar-refractivity contribution in [3.63, 3.8) is 0 Å². The normalized spacial score (nSPS) is 12.9. The molecule has 1 unspecified atom stereocenters. The molecule has 0 saturated heterocycles. The van der Waals surface area contributed by atoms with Crippen molar-refractivity contribution in [3.8, 4) is 0 Å². The van der Waals surface area contributed by atoms with Crippen LogP contribution < -0.4 is 10.6 Å². The Morgan fingerprint density at radius 1 is 1.10 bits per heavy atom. The fraction of sp³-hybridized carbons (Fsp3) is 0.667. The van der Waals surface area contributed by atoms with E-state index in [1.807, 2.05) is 0 Å².